The monoisotopic (exact) mass is 697 g/mol. The molecule has 0 bridgehead atoms. The Bertz CT molecular complexity index is 2130. The second kappa shape index (κ2) is 16.3. The highest BCUT2D eigenvalue weighted by molar-refractivity contribution is 6.31. The fraction of sp³-hybridized carbons (Fsp3) is 0.0732. The van der Waals surface area contributed by atoms with Gasteiger partial charge in [0.05, 0.1) is 11.3 Å². The summed E-state index contributed by atoms with van der Waals surface area (Å²) in [5.41, 5.74) is 3.92. The van der Waals surface area contributed by atoms with Crippen LogP contribution >= 0.6 is 11.6 Å². The summed E-state index contributed by atoms with van der Waals surface area (Å²) in [5.74, 6) is -0.429. The molecule has 0 aliphatic carbocycles. The molecule has 9 nitrogen and oxygen atoms in total. The molecule has 0 aliphatic heterocycles. The number of pyridine rings is 1. The fourth-order valence-corrected chi connectivity index (χ4v) is 5.43. The van der Waals surface area contributed by atoms with Gasteiger partial charge in [-0.1, -0.05) is 72.3 Å². The average molecular weight is 698 g/mol. The van der Waals surface area contributed by atoms with E-state index >= 15 is 0 Å². The molecule has 6 aromatic rings. The Labute approximate surface area is 299 Å². The Morgan fingerprint density at radius 2 is 1.43 bits per heavy atom. The zero-order chi connectivity index (χ0) is 35.6. The number of ether oxygens (including phenoxy) is 2. The summed E-state index contributed by atoms with van der Waals surface area (Å²) in [6.45, 7) is 0.346. The largest absolute Gasteiger partial charge is 0.489 e. The molecule has 0 unspecified atom stereocenters. The van der Waals surface area contributed by atoms with Crippen molar-refractivity contribution in [3.63, 3.8) is 0 Å². The molecule has 0 fully saturated rings. The number of para-hydroxylation sites is 2. The van der Waals surface area contributed by atoms with Crippen molar-refractivity contribution in [2.45, 2.75) is 19.1 Å². The second-order valence-corrected chi connectivity index (χ2v) is 11.9. The van der Waals surface area contributed by atoms with Crippen LogP contribution in [0.1, 0.15) is 31.8 Å². The number of hydrogen-bond acceptors (Lipinski definition) is 6. The Balaban J connectivity index is 1.11. The van der Waals surface area contributed by atoms with Crippen LogP contribution in [0.5, 0.6) is 17.2 Å². The fourth-order valence-electron chi connectivity index (χ4n) is 5.26. The van der Waals surface area contributed by atoms with E-state index < -0.39 is 23.8 Å². The van der Waals surface area contributed by atoms with E-state index in [0.29, 0.717) is 35.0 Å². The summed E-state index contributed by atoms with van der Waals surface area (Å²) in [5, 5.41) is 15.6. The number of aromatic nitrogens is 1. The van der Waals surface area contributed by atoms with E-state index in [1.165, 1.54) is 18.2 Å². The van der Waals surface area contributed by atoms with Gasteiger partial charge in [-0.25, -0.2) is 4.79 Å². The van der Waals surface area contributed by atoms with E-state index in [1.807, 2.05) is 91.0 Å². The predicted octanol–water partition coefficient (Wildman–Crippen LogP) is 8.45. The minimum absolute atomic E-state index is 0.0152. The summed E-state index contributed by atoms with van der Waals surface area (Å²) >= 11 is 6.22. The van der Waals surface area contributed by atoms with Crippen LogP contribution in [0.15, 0.2) is 146 Å². The molecule has 0 spiro atoms. The minimum atomic E-state index is -1.26. The maximum Gasteiger partial charge on any atom is 0.326 e. The first kappa shape index (κ1) is 34.4. The van der Waals surface area contributed by atoms with E-state index in [4.69, 9.17) is 21.1 Å². The molecule has 1 heterocycles. The first-order chi connectivity index (χ1) is 24.8. The highest BCUT2D eigenvalue weighted by Crippen LogP contribution is 2.33. The Morgan fingerprint density at radius 3 is 2.16 bits per heavy atom. The number of carboxylic acid groups (broad SMARTS) is 1. The summed E-state index contributed by atoms with van der Waals surface area (Å²) < 4.78 is 11.9. The van der Waals surface area contributed by atoms with Crippen LogP contribution in [0.2, 0.25) is 5.02 Å². The number of carbonyl (C=O) groups excluding carboxylic acids is 2. The third-order valence-corrected chi connectivity index (χ3v) is 8.15. The lowest BCUT2D eigenvalue weighted by Crippen LogP contribution is -2.42. The van der Waals surface area contributed by atoms with Gasteiger partial charge in [-0.3, -0.25) is 14.6 Å². The summed E-state index contributed by atoms with van der Waals surface area (Å²) in [6, 6.07) is 37.9. The van der Waals surface area contributed by atoms with Crippen molar-refractivity contribution in [1.29, 1.82) is 0 Å². The number of amides is 2. The third-order valence-electron chi connectivity index (χ3n) is 7.91. The zero-order valence-electron chi connectivity index (χ0n) is 27.2. The van der Waals surface area contributed by atoms with Crippen LogP contribution < -0.4 is 20.1 Å². The molecule has 0 saturated carbocycles. The lowest BCUT2D eigenvalue weighted by Gasteiger charge is -2.17. The molecule has 10 heteroatoms. The standard InChI is InChI=1S/C41H32ClN3O6/c42-31-16-19-36(44-39(46)30-14-17-32(18-15-30)50-26-28-20-22-43-23-21-28)35(25-31)40(47)45-37(41(48)49)24-27-10-12-29(13-11-27)34-8-4-5-9-38(34)51-33-6-2-1-3-7-33/h1-23,25,37H,24,26H2,(H,44,46)(H,45,47)(H,48,49)/t37-/m0/s1. The molecule has 2 amide bonds. The number of halogens is 1. The SMILES string of the molecule is O=C(Nc1ccc(Cl)cc1C(=O)N[C@@H](Cc1ccc(-c2ccccc2Oc2ccccc2)cc1)C(=O)O)c1ccc(OCc2ccncc2)cc1. The van der Waals surface area contributed by atoms with Crippen molar-refractivity contribution in [3.8, 4) is 28.4 Å². The van der Waals surface area contributed by atoms with Crippen LogP contribution in [-0.4, -0.2) is 33.9 Å². The van der Waals surface area contributed by atoms with E-state index in [-0.39, 0.29) is 22.7 Å². The predicted molar refractivity (Wildman–Crippen MR) is 195 cm³/mol. The summed E-state index contributed by atoms with van der Waals surface area (Å²) in [4.78, 5) is 42.9. The normalized spacial score (nSPS) is 11.2. The number of nitrogens with zero attached hydrogens (tertiary/aromatic N) is 1. The highest BCUT2D eigenvalue weighted by atomic mass is 35.5. The molecule has 6 rings (SSSR count). The van der Waals surface area contributed by atoms with Gasteiger partial charge in [0.15, 0.2) is 0 Å². The highest BCUT2D eigenvalue weighted by Gasteiger charge is 2.24. The molecule has 1 atom stereocenters. The minimum Gasteiger partial charge on any atom is -0.489 e. The molecule has 1 aromatic heterocycles. The van der Waals surface area contributed by atoms with Gasteiger partial charge < -0.3 is 25.2 Å². The van der Waals surface area contributed by atoms with Crippen LogP contribution in [-0.2, 0) is 17.8 Å². The van der Waals surface area contributed by atoms with Gasteiger partial charge in [0.25, 0.3) is 11.8 Å². The van der Waals surface area contributed by atoms with E-state index in [2.05, 4.69) is 15.6 Å². The number of carboxylic acids is 1. The molecule has 51 heavy (non-hydrogen) atoms. The Hall–Kier alpha value is -6.45. The molecular formula is C41H32ClN3O6. The van der Waals surface area contributed by atoms with Gasteiger partial charge in [0.1, 0.15) is 29.9 Å². The maximum atomic E-state index is 13.5. The van der Waals surface area contributed by atoms with Gasteiger partial charge in [-0.15, -0.1) is 0 Å². The first-order valence-electron chi connectivity index (χ1n) is 16.0. The van der Waals surface area contributed by atoms with Crippen molar-refractivity contribution in [2.24, 2.45) is 0 Å². The Kier molecular flexibility index (Phi) is 11.0. The topological polar surface area (TPSA) is 127 Å². The lowest BCUT2D eigenvalue weighted by molar-refractivity contribution is -0.139. The van der Waals surface area contributed by atoms with Crippen LogP contribution in [0.3, 0.4) is 0 Å². The molecule has 0 radical (unpaired) electrons. The molecule has 3 N–H and O–H groups in total. The number of aliphatic carboxylic acids is 1. The Morgan fingerprint density at radius 1 is 0.725 bits per heavy atom. The second-order valence-electron chi connectivity index (χ2n) is 11.5. The smallest absolute Gasteiger partial charge is 0.326 e. The molecule has 254 valence electrons. The van der Waals surface area contributed by atoms with Crippen LogP contribution in [0.4, 0.5) is 5.69 Å². The zero-order valence-corrected chi connectivity index (χ0v) is 27.9. The van der Waals surface area contributed by atoms with Crippen LogP contribution in [0.25, 0.3) is 11.1 Å². The van der Waals surface area contributed by atoms with Crippen molar-refractivity contribution < 1.29 is 29.0 Å². The molecule has 0 aliphatic rings. The summed E-state index contributed by atoms with van der Waals surface area (Å²) in [6.07, 6.45) is 3.38. The third kappa shape index (κ3) is 9.17. The number of carbonyl (C=O) groups is 3. The van der Waals surface area contributed by atoms with E-state index in [1.54, 1.807) is 36.7 Å². The van der Waals surface area contributed by atoms with Gasteiger partial charge in [-0.05, 0) is 89.5 Å². The number of rotatable bonds is 13. The van der Waals surface area contributed by atoms with Crippen molar-refractivity contribution in [1.82, 2.24) is 10.3 Å². The van der Waals surface area contributed by atoms with Crippen molar-refractivity contribution in [3.05, 3.63) is 173 Å². The maximum absolute atomic E-state index is 13.5. The number of nitrogens with one attached hydrogen (secondary N) is 2. The van der Waals surface area contributed by atoms with E-state index in [9.17, 15) is 19.5 Å². The lowest BCUT2D eigenvalue weighted by atomic mass is 9.99. The molecular weight excluding hydrogens is 666 g/mol. The van der Waals surface area contributed by atoms with Gasteiger partial charge in [-0.2, -0.15) is 0 Å². The quantitative estimate of drug-likeness (QED) is 0.111. The average Bonchev–Trinajstić information content (AvgIpc) is 3.16. The van der Waals surface area contributed by atoms with Crippen molar-refractivity contribution in [2.75, 3.05) is 5.32 Å². The van der Waals surface area contributed by atoms with Crippen LogP contribution in [0, 0.1) is 0 Å². The summed E-state index contributed by atoms with van der Waals surface area (Å²) in [7, 11) is 0. The van der Waals surface area contributed by atoms with Gasteiger partial charge in [0, 0.05) is 35.0 Å². The first-order valence-corrected chi connectivity index (χ1v) is 16.4. The van der Waals surface area contributed by atoms with Gasteiger partial charge >= 0.3 is 5.97 Å². The number of hydrogen-bond donors (Lipinski definition) is 3. The number of anilines is 1. The van der Waals surface area contributed by atoms with Gasteiger partial charge in [0.2, 0.25) is 0 Å². The van der Waals surface area contributed by atoms with E-state index in [0.717, 1.165) is 16.7 Å². The molecule has 5 aromatic carbocycles. The number of benzene rings is 5. The van der Waals surface area contributed by atoms with Crippen molar-refractivity contribution >= 4 is 35.1 Å². The molecule has 0 saturated heterocycles.